The predicted octanol–water partition coefficient (Wildman–Crippen LogP) is 3.87. The first-order valence-electron chi connectivity index (χ1n) is 9.09. The molecule has 148 valence electrons. The van der Waals surface area contributed by atoms with Crippen molar-refractivity contribution in [3.8, 4) is 0 Å². The van der Waals surface area contributed by atoms with E-state index in [1.807, 2.05) is 24.3 Å². The van der Waals surface area contributed by atoms with Gasteiger partial charge in [0.15, 0.2) is 6.10 Å². The molecule has 2 rings (SSSR count). The quantitative estimate of drug-likeness (QED) is 0.630. The van der Waals surface area contributed by atoms with Crippen LogP contribution in [0.2, 0.25) is 0 Å². The Morgan fingerprint density at radius 3 is 2.43 bits per heavy atom. The Morgan fingerprint density at radius 2 is 1.75 bits per heavy atom. The number of hydrogen-bond acceptors (Lipinski definition) is 4. The van der Waals surface area contributed by atoms with Crippen LogP contribution in [0.1, 0.15) is 49.0 Å². The number of rotatable bonds is 7. The van der Waals surface area contributed by atoms with Gasteiger partial charge < -0.3 is 21.1 Å². The van der Waals surface area contributed by atoms with Crippen LogP contribution in [0.4, 0.5) is 16.2 Å². The third-order valence-electron chi connectivity index (χ3n) is 4.38. The first-order valence-corrected chi connectivity index (χ1v) is 9.09. The molecule has 0 bridgehead atoms. The second kappa shape index (κ2) is 9.55. The highest BCUT2D eigenvalue weighted by Gasteiger charge is 2.21. The van der Waals surface area contributed by atoms with E-state index in [2.05, 4.69) is 24.5 Å². The number of amides is 3. The molecule has 0 aliphatic rings. The van der Waals surface area contributed by atoms with Crippen LogP contribution in [0.3, 0.4) is 0 Å². The third kappa shape index (κ3) is 5.57. The highest BCUT2D eigenvalue weighted by atomic mass is 16.5. The lowest BCUT2D eigenvalue weighted by Crippen LogP contribution is -2.30. The van der Waals surface area contributed by atoms with Gasteiger partial charge in [-0.15, -0.1) is 0 Å². The molecule has 0 saturated heterocycles. The van der Waals surface area contributed by atoms with Crippen molar-refractivity contribution in [2.75, 3.05) is 10.6 Å². The van der Waals surface area contributed by atoms with Gasteiger partial charge in [-0.2, -0.15) is 0 Å². The molecule has 0 aromatic heterocycles. The normalized spacial score (nSPS) is 12.5. The van der Waals surface area contributed by atoms with E-state index >= 15 is 0 Å². The van der Waals surface area contributed by atoms with Gasteiger partial charge in [-0.25, -0.2) is 9.59 Å². The average molecular weight is 383 g/mol. The molecule has 2 aromatic carbocycles. The fraction of sp³-hybridized carbons (Fsp3) is 0.286. The van der Waals surface area contributed by atoms with Crippen molar-refractivity contribution >= 4 is 29.3 Å². The van der Waals surface area contributed by atoms with Crippen LogP contribution < -0.4 is 16.4 Å². The molecule has 0 fully saturated rings. The predicted molar refractivity (Wildman–Crippen MR) is 108 cm³/mol. The summed E-state index contributed by atoms with van der Waals surface area (Å²) in [5.41, 5.74) is 7.37. The van der Waals surface area contributed by atoms with E-state index in [-0.39, 0.29) is 11.5 Å². The summed E-state index contributed by atoms with van der Waals surface area (Å²) in [5.74, 6) is -0.809. The second-order valence-electron chi connectivity index (χ2n) is 6.50. The number of ether oxygens (including phenoxy) is 1. The summed E-state index contributed by atoms with van der Waals surface area (Å²) in [5, 5.41) is 5.21. The highest BCUT2D eigenvalue weighted by Crippen LogP contribution is 2.26. The number of urea groups is 1. The van der Waals surface area contributed by atoms with E-state index in [4.69, 9.17) is 10.5 Å². The monoisotopic (exact) mass is 383 g/mol. The zero-order valence-corrected chi connectivity index (χ0v) is 16.2. The number of benzene rings is 2. The minimum atomic E-state index is -0.995. The number of nitrogens with one attached hydrogen (secondary N) is 2. The molecule has 2 aromatic rings. The number of esters is 1. The summed E-state index contributed by atoms with van der Waals surface area (Å²) < 4.78 is 5.26. The Labute approximate surface area is 164 Å². The second-order valence-corrected chi connectivity index (χ2v) is 6.50. The van der Waals surface area contributed by atoms with Crippen LogP contribution in [0, 0.1) is 0 Å². The van der Waals surface area contributed by atoms with E-state index in [0.717, 1.165) is 12.0 Å². The average Bonchev–Trinajstić information content (AvgIpc) is 2.67. The van der Waals surface area contributed by atoms with Gasteiger partial charge in [-0.1, -0.05) is 38.1 Å². The van der Waals surface area contributed by atoms with Crippen molar-refractivity contribution in [1.29, 1.82) is 0 Å². The van der Waals surface area contributed by atoms with Gasteiger partial charge in [-0.3, -0.25) is 4.79 Å². The Morgan fingerprint density at radius 1 is 1.04 bits per heavy atom. The van der Waals surface area contributed by atoms with Crippen LogP contribution in [0.25, 0.3) is 0 Å². The van der Waals surface area contributed by atoms with Gasteiger partial charge in [0.1, 0.15) is 0 Å². The first kappa shape index (κ1) is 21.0. The topological polar surface area (TPSA) is 111 Å². The van der Waals surface area contributed by atoms with Crippen molar-refractivity contribution < 1.29 is 19.1 Å². The zero-order valence-electron chi connectivity index (χ0n) is 16.2. The van der Waals surface area contributed by atoms with Gasteiger partial charge in [-0.05, 0) is 49.1 Å². The van der Waals surface area contributed by atoms with Crippen molar-refractivity contribution in [2.24, 2.45) is 5.73 Å². The molecule has 0 radical (unpaired) electrons. The lowest BCUT2D eigenvalue weighted by atomic mass is 9.97. The Balaban J connectivity index is 2.05. The molecule has 3 amide bonds. The smallest absolute Gasteiger partial charge is 0.338 e. The molecule has 0 saturated carbocycles. The Bertz CT molecular complexity index is 866. The number of nitrogens with two attached hydrogens (primary N) is 1. The van der Waals surface area contributed by atoms with Crippen molar-refractivity contribution in [3.63, 3.8) is 0 Å². The van der Waals surface area contributed by atoms with Crippen LogP contribution in [-0.4, -0.2) is 24.0 Å². The number of primary amides is 1. The van der Waals surface area contributed by atoms with Crippen molar-refractivity contribution in [1.82, 2.24) is 0 Å². The Kier molecular flexibility index (Phi) is 7.14. The summed E-state index contributed by atoms with van der Waals surface area (Å²) in [7, 11) is 0. The van der Waals surface area contributed by atoms with Crippen LogP contribution in [-0.2, 0) is 9.53 Å². The van der Waals surface area contributed by atoms with Crippen molar-refractivity contribution in [3.05, 3.63) is 59.7 Å². The summed E-state index contributed by atoms with van der Waals surface area (Å²) in [6, 6.07) is 12.9. The molecule has 4 N–H and O–H groups in total. The molecule has 7 nitrogen and oxygen atoms in total. The maximum Gasteiger partial charge on any atom is 0.338 e. The maximum absolute atomic E-state index is 12.5. The minimum Gasteiger partial charge on any atom is -0.449 e. The number of hydrogen-bond donors (Lipinski definition) is 3. The van der Waals surface area contributed by atoms with Gasteiger partial charge in [0.25, 0.3) is 5.91 Å². The van der Waals surface area contributed by atoms with Gasteiger partial charge in [0.2, 0.25) is 0 Å². The Hall–Kier alpha value is -3.35. The van der Waals surface area contributed by atoms with E-state index in [1.54, 1.807) is 12.1 Å². The van der Waals surface area contributed by atoms with Crippen LogP contribution in [0.15, 0.2) is 48.5 Å². The highest BCUT2D eigenvalue weighted by molar-refractivity contribution is 5.98. The molecule has 0 spiro atoms. The number of para-hydroxylation sites is 1. The third-order valence-corrected chi connectivity index (χ3v) is 4.38. The van der Waals surface area contributed by atoms with Gasteiger partial charge >= 0.3 is 12.0 Å². The summed E-state index contributed by atoms with van der Waals surface area (Å²) >= 11 is 0. The minimum absolute atomic E-state index is 0.200. The molecule has 0 heterocycles. The van der Waals surface area contributed by atoms with E-state index in [1.165, 1.54) is 19.1 Å². The fourth-order valence-corrected chi connectivity index (χ4v) is 2.64. The molecule has 0 aliphatic carbocycles. The van der Waals surface area contributed by atoms with Gasteiger partial charge in [0.05, 0.1) is 5.56 Å². The number of anilines is 2. The largest absolute Gasteiger partial charge is 0.449 e. The molecular weight excluding hydrogens is 358 g/mol. The van der Waals surface area contributed by atoms with E-state index in [0.29, 0.717) is 11.4 Å². The lowest BCUT2D eigenvalue weighted by Gasteiger charge is -2.18. The van der Waals surface area contributed by atoms with Crippen molar-refractivity contribution in [2.45, 2.75) is 39.2 Å². The molecular formula is C21H25N3O4. The SMILES string of the molecule is CC[C@H](C)c1ccccc1NC(=O)[C@H](C)OC(=O)c1cccc(NC(N)=O)c1. The summed E-state index contributed by atoms with van der Waals surface area (Å²) in [6.07, 6.45) is -0.0575. The molecule has 0 unspecified atom stereocenters. The first-order chi connectivity index (χ1) is 13.3. The zero-order chi connectivity index (χ0) is 20.7. The molecule has 0 aliphatic heterocycles. The van der Waals surface area contributed by atoms with Crippen LogP contribution in [0.5, 0.6) is 0 Å². The summed E-state index contributed by atoms with van der Waals surface area (Å²) in [6.45, 7) is 5.67. The fourth-order valence-electron chi connectivity index (χ4n) is 2.64. The molecule has 28 heavy (non-hydrogen) atoms. The number of carbonyl (C=O) groups is 3. The van der Waals surface area contributed by atoms with Crippen LogP contribution >= 0.6 is 0 Å². The van der Waals surface area contributed by atoms with E-state index < -0.39 is 24.0 Å². The van der Waals surface area contributed by atoms with Gasteiger partial charge in [0, 0.05) is 11.4 Å². The molecule has 2 atom stereocenters. The maximum atomic E-state index is 12.5. The molecule has 7 heteroatoms. The standard InChI is InChI=1S/C21H25N3O4/c1-4-13(2)17-10-5-6-11-18(17)24-19(25)14(3)28-20(26)15-8-7-9-16(12-15)23-21(22)27/h5-14H,4H2,1-3H3,(H,24,25)(H3,22,23,27)/t13-,14-/m0/s1. The summed E-state index contributed by atoms with van der Waals surface area (Å²) in [4.78, 5) is 35.7. The van der Waals surface area contributed by atoms with E-state index in [9.17, 15) is 14.4 Å². The lowest BCUT2D eigenvalue weighted by molar-refractivity contribution is -0.123. The number of carbonyl (C=O) groups excluding carboxylic acids is 3.